The van der Waals surface area contributed by atoms with Crippen molar-refractivity contribution in [3.63, 3.8) is 0 Å². The van der Waals surface area contributed by atoms with Crippen molar-refractivity contribution in [2.24, 2.45) is 0 Å². The lowest BCUT2D eigenvalue weighted by molar-refractivity contribution is 0.0593. The van der Waals surface area contributed by atoms with E-state index >= 15 is 0 Å². The average molecular weight is 268 g/mol. The average Bonchev–Trinajstić information content (AvgIpc) is 2.88. The second-order valence-corrected chi connectivity index (χ2v) is 5.38. The van der Waals surface area contributed by atoms with Gasteiger partial charge in [0.2, 0.25) is 0 Å². The van der Waals surface area contributed by atoms with E-state index in [0.29, 0.717) is 6.10 Å². The van der Waals surface area contributed by atoms with Crippen LogP contribution in [0.3, 0.4) is 0 Å². The van der Waals surface area contributed by atoms with E-state index in [9.17, 15) is 0 Å². The molecule has 0 heterocycles. The number of halogens is 1. The van der Waals surface area contributed by atoms with Crippen LogP contribution in [0.5, 0.6) is 0 Å². The standard InChI is InChI=1S/C15H22ClNO/c1-12(14-8-4-5-9-15(14)16)17-10-11-18-13-6-2-3-7-13/h4-5,8-9,12-13,17H,2-3,6-7,10-11H2,1H3. The minimum Gasteiger partial charge on any atom is -0.377 e. The van der Waals surface area contributed by atoms with E-state index in [1.54, 1.807) is 0 Å². The summed E-state index contributed by atoms with van der Waals surface area (Å²) < 4.78 is 5.82. The van der Waals surface area contributed by atoms with E-state index < -0.39 is 0 Å². The Morgan fingerprint density at radius 3 is 2.78 bits per heavy atom. The van der Waals surface area contributed by atoms with E-state index in [2.05, 4.69) is 18.3 Å². The molecule has 1 unspecified atom stereocenters. The third kappa shape index (κ3) is 3.98. The molecule has 0 saturated heterocycles. The van der Waals surface area contributed by atoms with Crippen LogP contribution in [0.4, 0.5) is 0 Å². The van der Waals surface area contributed by atoms with Crippen LogP contribution in [0, 0.1) is 0 Å². The van der Waals surface area contributed by atoms with E-state index in [1.165, 1.54) is 25.7 Å². The molecule has 1 fully saturated rings. The zero-order valence-electron chi connectivity index (χ0n) is 11.0. The molecule has 100 valence electrons. The highest BCUT2D eigenvalue weighted by Crippen LogP contribution is 2.22. The molecule has 1 aromatic rings. The van der Waals surface area contributed by atoms with Gasteiger partial charge in [-0.1, -0.05) is 42.6 Å². The molecule has 1 atom stereocenters. The molecule has 2 nitrogen and oxygen atoms in total. The summed E-state index contributed by atoms with van der Waals surface area (Å²) in [4.78, 5) is 0. The van der Waals surface area contributed by atoms with E-state index in [-0.39, 0.29) is 6.04 Å². The van der Waals surface area contributed by atoms with Crippen molar-refractivity contribution in [2.75, 3.05) is 13.2 Å². The van der Waals surface area contributed by atoms with Gasteiger partial charge in [-0.3, -0.25) is 0 Å². The van der Waals surface area contributed by atoms with Crippen LogP contribution in [-0.4, -0.2) is 19.3 Å². The first-order valence-electron chi connectivity index (χ1n) is 6.87. The van der Waals surface area contributed by atoms with Gasteiger partial charge in [0.15, 0.2) is 0 Å². The van der Waals surface area contributed by atoms with Crippen molar-refractivity contribution >= 4 is 11.6 Å². The number of rotatable bonds is 6. The predicted octanol–water partition coefficient (Wildman–Crippen LogP) is 3.95. The lowest BCUT2D eigenvalue weighted by Crippen LogP contribution is -2.25. The summed E-state index contributed by atoms with van der Waals surface area (Å²) in [6, 6.07) is 8.25. The molecule has 0 spiro atoms. The van der Waals surface area contributed by atoms with Crippen LogP contribution >= 0.6 is 11.6 Å². The molecule has 0 radical (unpaired) electrons. The highest BCUT2D eigenvalue weighted by Gasteiger charge is 2.15. The van der Waals surface area contributed by atoms with Crippen molar-refractivity contribution < 1.29 is 4.74 Å². The van der Waals surface area contributed by atoms with Gasteiger partial charge in [-0.05, 0) is 31.4 Å². The Kier molecular flexibility index (Phi) is 5.48. The highest BCUT2D eigenvalue weighted by molar-refractivity contribution is 6.31. The van der Waals surface area contributed by atoms with Gasteiger partial charge < -0.3 is 10.1 Å². The smallest absolute Gasteiger partial charge is 0.0594 e. The lowest BCUT2D eigenvalue weighted by Gasteiger charge is -2.17. The number of benzene rings is 1. The fourth-order valence-electron chi connectivity index (χ4n) is 2.49. The summed E-state index contributed by atoms with van der Waals surface area (Å²) in [5.41, 5.74) is 1.15. The second-order valence-electron chi connectivity index (χ2n) is 4.97. The molecule has 0 aromatic heterocycles. The minimum atomic E-state index is 0.269. The molecule has 0 bridgehead atoms. The van der Waals surface area contributed by atoms with Gasteiger partial charge in [-0.2, -0.15) is 0 Å². The Balaban J connectivity index is 1.68. The van der Waals surface area contributed by atoms with Crippen molar-refractivity contribution in [3.8, 4) is 0 Å². The SMILES string of the molecule is CC(NCCOC1CCCC1)c1ccccc1Cl. The normalized spacial score (nSPS) is 18.1. The fraction of sp³-hybridized carbons (Fsp3) is 0.600. The first kappa shape index (κ1) is 13.9. The van der Waals surface area contributed by atoms with E-state index in [0.717, 1.165) is 23.7 Å². The summed E-state index contributed by atoms with van der Waals surface area (Å²) in [6.07, 6.45) is 5.63. The van der Waals surface area contributed by atoms with Gasteiger partial charge >= 0.3 is 0 Å². The maximum Gasteiger partial charge on any atom is 0.0594 e. The second kappa shape index (κ2) is 7.13. The first-order chi connectivity index (χ1) is 8.77. The molecule has 1 aromatic carbocycles. The van der Waals surface area contributed by atoms with Gasteiger partial charge in [0.05, 0.1) is 12.7 Å². The van der Waals surface area contributed by atoms with Crippen molar-refractivity contribution in [3.05, 3.63) is 34.9 Å². The molecule has 0 amide bonds. The Labute approximate surface area is 115 Å². The zero-order valence-corrected chi connectivity index (χ0v) is 11.7. The third-order valence-corrected chi connectivity index (χ3v) is 3.92. The molecular weight excluding hydrogens is 246 g/mol. The number of ether oxygens (including phenoxy) is 1. The van der Waals surface area contributed by atoms with Crippen LogP contribution in [-0.2, 0) is 4.74 Å². The Bertz CT molecular complexity index is 363. The summed E-state index contributed by atoms with van der Waals surface area (Å²) in [5, 5.41) is 4.28. The van der Waals surface area contributed by atoms with Gasteiger partial charge in [0.1, 0.15) is 0 Å². The van der Waals surface area contributed by atoms with Crippen LogP contribution in [0.25, 0.3) is 0 Å². The van der Waals surface area contributed by atoms with Gasteiger partial charge in [0.25, 0.3) is 0 Å². The van der Waals surface area contributed by atoms with Gasteiger partial charge in [-0.25, -0.2) is 0 Å². The minimum absolute atomic E-state index is 0.269. The molecule has 1 N–H and O–H groups in total. The Hall–Kier alpha value is -0.570. The Morgan fingerprint density at radius 1 is 1.33 bits per heavy atom. The van der Waals surface area contributed by atoms with Crippen LogP contribution in [0.15, 0.2) is 24.3 Å². The van der Waals surface area contributed by atoms with Crippen molar-refractivity contribution in [1.82, 2.24) is 5.32 Å². The molecule has 0 aliphatic heterocycles. The predicted molar refractivity (Wildman–Crippen MR) is 76.1 cm³/mol. The van der Waals surface area contributed by atoms with Crippen LogP contribution in [0.1, 0.15) is 44.2 Å². The first-order valence-corrected chi connectivity index (χ1v) is 7.24. The Morgan fingerprint density at radius 2 is 2.06 bits per heavy atom. The molecular formula is C15H22ClNO. The molecule has 1 aliphatic carbocycles. The highest BCUT2D eigenvalue weighted by atomic mass is 35.5. The molecule has 3 heteroatoms. The molecule has 1 saturated carbocycles. The zero-order chi connectivity index (χ0) is 12.8. The van der Waals surface area contributed by atoms with Crippen molar-refractivity contribution in [2.45, 2.75) is 44.8 Å². The van der Waals surface area contributed by atoms with E-state index in [1.807, 2.05) is 18.2 Å². The van der Waals surface area contributed by atoms with E-state index in [4.69, 9.17) is 16.3 Å². The maximum atomic E-state index is 6.16. The quantitative estimate of drug-likeness (QED) is 0.788. The van der Waals surface area contributed by atoms with Crippen LogP contribution in [0.2, 0.25) is 5.02 Å². The van der Waals surface area contributed by atoms with Crippen molar-refractivity contribution in [1.29, 1.82) is 0 Å². The summed E-state index contributed by atoms with van der Waals surface area (Å²) in [7, 11) is 0. The molecule has 2 rings (SSSR count). The summed E-state index contributed by atoms with van der Waals surface area (Å²) in [5.74, 6) is 0. The number of hydrogen-bond donors (Lipinski definition) is 1. The van der Waals surface area contributed by atoms with Gasteiger partial charge in [-0.15, -0.1) is 0 Å². The number of hydrogen-bond acceptors (Lipinski definition) is 2. The molecule has 18 heavy (non-hydrogen) atoms. The van der Waals surface area contributed by atoms with Gasteiger partial charge in [0, 0.05) is 17.6 Å². The summed E-state index contributed by atoms with van der Waals surface area (Å²) >= 11 is 6.16. The monoisotopic (exact) mass is 267 g/mol. The lowest BCUT2D eigenvalue weighted by atomic mass is 10.1. The topological polar surface area (TPSA) is 21.3 Å². The largest absolute Gasteiger partial charge is 0.377 e. The summed E-state index contributed by atoms with van der Waals surface area (Å²) in [6.45, 7) is 3.80. The van der Waals surface area contributed by atoms with Crippen LogP contribution < -0.4 is 5.32 Å². The maximum absolute atomic E-state index is 6.16. The molecule has 1 aliphatic rings. The number of nitrogens with one attached hydrogen (secondary N) is 1. The third-order valence-electron chi connectivity index (χ3n) is 3.58. The fourth-order valence-corrected chi connectivity index (χ4v) is 2.79.